The van der Waals surface area contributed by atoms with Gasteiger partial charge in [-0.05, 0) is 6.42 Å². The lowest BCUT2D eigenvalue weighted by Crippen LogP contribution is -1.95. The van der Waals surface area contributed by atoms with Gasteiger partial charge in [-0.15, -0.1) is 0 Å². The Bertz CT molecular complexity index is 109. The van der Waals surface area contributed by atoms with E-state index in [1.807, 2.05) is 0 Å². The summed E-state index contributed by atoms with van der Waals surface area (Å²) in [4.78, 5) is 8.18. The highest BCUT2D eigenvalue weighted by atomic mass is 31.2. The molecule has 0 bridgehead atoms. The van der Waals surface area contributed by atoms with Crippen LogP contribution in [-0.4, -0.2) is 10.6 Å². The van der Waals surface area contributed by atoms with Crippen LogP contribution in [0.2, 0.25) is 0 Å². The summed E-state index contributed by atoms with van der Waals surface area (Å²) in [5, 5.41) is 0. The third-order valence-electron chi connectivity index (χ3n) is 1.13. The van der Waals surface area contributed by atoms with Gasteiger partial charge in [0.15, 0.2) is 0 Å². The zero-order valence-electron chi connectivity index (χ0n) is 4.97. The maximum Gasteiger partial charge on any atom is 0.367 e. The van der Waals surface area contributed by atoms with Crippen LogP contribution in [0.25, 0.3) is 0 Å². The first-order valence-corrected chi connectivity index (χ1v) is 4.12. The molecule has 0 aliphatic carbocycles. The minimum absolute atomic E-state index is 0.407. The van der Waals surface area contributed by atoms with Gasteiger partial charge in [0.05, 0.1) is 5.66 Å². The Morgan fingerprint density at radius 1 is 1.88 bits per heavy atom. The first kappa shape index (κ1) is 8.12. The molecule has 0 aliphatic rings. The highest BCUT2D eigenvalue weighted by Crippen LogP contribution is 2.48. The van der Waals surface area contributed by atoms with Crippen LogP contribution in [0, 0.1) is 0 Å². The van der Waals surface area contributed by atoms with E-state index < -0.39 is 13.3 Å². The topological polar surface area (TPSA) is 37.3 Å². The summed E-state index contributed by atoms with van der Waals surface area (Å²) in [5.41, 5.74) is -0.706. The fourth-order valence-corrected chi connectivity index (χ4v) is 0.676. The third-order valence-corrected chi connectivity index (χ3v) is 2.59. The Hall–Kier alpha value is 0.120. The average molecular weight is 140 g/mol. The van der Waals surface area contributed by atoms with Crippen LogP contribution in [0.4, 0.5) is 4.20 Å². The van der Waals surface area contributed by atoms with Crippen LogP contribution < -0.4 is 0 Å². The molecule has 0 radical (unpaired) electrons. The van der Waals surface area contributed by atoms with Gasteiger partial charge in [0.2, 0.25) is 0 Å². The van der Waals surface area contributed by atoms with Crippen LogP contribution in [0.15, 0.2) is 0 Å². The molecule has 0 aromatic rings. The lowest BCUT2D eigenvalue weighted by atomic mass is 10.4. The van der Waals surface area contributed by atoms with Crippen LogP contribution in [0.3, 0.4) is 0 Å². The van der Waals surface area contributed by atoms with Gasteiger partial charge in [-0.3, -0.25) is 4.57 Å². The molecule has 0 amide bonds. The normalized spacial score (nSPS) is 22.0. The fraction of sp³-hybridized carbons (Fsp3) is 1.00. The largest absolute Gasteiger partial charge is 0.367 e. The Morgan fingerprint density at radius 3 is 2.25 bits per heavy atom. The highest BCUT2D eigenvalue weighted by Gasteiger charge is 2.23. The molecule has 0 aromatic carbocycles. The molecule has 0 fully saturated rings. The van der Waals surface area contributed by atoms with Crippen molar-refractivity contribution in [1.82, 2.24) is 0 Å². The molecule has 4 heteroatoms. The molecule has 2 nitrogen and oxygen atoms in total. The Morgan fingerprint density at radius 2 is 2.25 bits per heavy atom. The van der Waals surface area contributed by atoms with Gasteiger partial charge >= 0.3 is 7.68 Å². The summed E-state index contributed by atoms with van der Waals surface area (Å²) in [6.07, 6.45) is 0.407. The summed E-state index contributed by atoms with van der Waals surface area (Å²) < 4.78 is 21.9. The zero-order valence-corrected chi connectivity index (χ0v) is 5.86. The first-order valence-electron chi connectivity index (χ1n) is 2.50. The summed E-state index contributed by atoms with van der Waals surface area (Å²) in [6.45, 7) is 3.09. The third kappa shape index (κ3) is 2.43. The van der Waals surface area contributed by atoms with Crippen molar-refractivity contribution in [3.63, 3.8) is 0 Å². The predicted octanol–water partition coefficient (Wildman–Crippen LogP) is 1.94. The quantitative estimate of drug-likeness (QED) is 0.595. The summed E-state index contributed by atoms with van der Waals surface area (Å²) in [6, 6.07) is 0. The van der Waals surface area contributed by atoms with E-state index in [9.17, 15) is 8.76 Å². The van der Waals surface area contributed by atoms with Crippen LogP contribution in [0.5, 0.6) is 0 Å². The molecule has 1 N–H and O–H groups in total. The molecule has 0 saturated heterocycles. The van der Waals surface area contributed by atoms with Crippen molar-refractivity contribution in [2.45, 2.75) is 25.9 Å². The van der Waals surface area contributed by atoms with Crippen molar-refractivity contribution >= 4 is 7.68 Å². The van der Waals surface area contributed by atoms with E-state index in [0.717, 1.165) is 0 Å². The molecule has 0 rings (SSSR count). The predicted molar refractivity (Wildman–Crippen MR) is 30.7 cm³/mol. The Balaban J connectivity index is 3.82. The van der Waals surface area contributed by atoms with Crippen LogP contribution in [0.1, 0.15) is 20.3 Å². The molecule has 0 aliphatic heterocycles. The maximum atomic E-state index is 11.9. The molecule has 0 spiro atoms. The van der Waals surface area contributed by atoms with E-state index in [-0.39, 0.29) is 0 Å². The molecular formula is C4H10FO2P. The molecule has 2 unspecified atom stereocenters. The van der Waals surface area contributed by atoms with Crippen LogP contribution >= 0.6 is 7.68 Å². The van der Waals surface area contributed by atoms with Gasteiger partial charge in [0, 0.05) is 0 Å². The highest BCUT2D eigenvalue weighted by molar-refractivity contribution is 7.53. The molecule has 2 atom stereocenters. The number of halogens is 1. The van der Waals surface area contributed by atoms with E-state index in [1.54, 1.807) is 6.92 Å². The standard InChI is InChI=1S/C4H10FO2P/c1-3-4(2)8(5,6)7/h4H,3H2,1-2H3,(H,6,7). The fourth-order valence-electron chi connectivity index (χ4n) is 0.225. The molecule has 0 aromatic heterocycles. The molecule has 0 saturated carbocycles. The zero-order chi connectivity index (χ0) is 6.78. The monoisotopic (exact) mass is 140 g/mol. The van der Waals surface area contributed by atoms with E-state index >= 15 is 0 Å². The smallest absolute Gasteiger partial charge is 0.321 e. The minimum atomic E-state index is -4.26. The van der Waals surface area contributed by atoms with Gasteiger partial charge in [-0.2, -0.15) is 4.20 Å². The van der Waals surface area contributed by atoms with Crippen molar-refractivity contribution in [2.75, 3.05) is 0 Å². The van der Waals surface area contributed by atoms with E-state index in [0.29, 0.717) is 6.42 Å². The summed E-state index contributed by atoms with van der Waals surface area (Å²) in [7, 11) is -4.26. The van der Waals surface area contributed by atoms with Gasteiger partial charge < -0.3 is 4.89 Å². The first-order chi connectivity index (χ1) is 3.48. The van der Waals surface area contributed by atoms with Gasteiger partial charge in [-0.25, -0.2) is 0 Å². The number of rotatable bonds is 2. The van der Waals surface area contributed by atoms with E-state index in [1.165, 1.54) is 6.92 Å². The molecule has 8 heavy (non-hydrogen) atoms. The average Bonchev–Trinajstić information content (AvgIpc) is 1.62. The minimum Gasteiger partial charge on any atom is -0.321 e. The second-order valence-electron chi connectivity index (χ2n) is 1.80. The molecule has 0 heterocycles. The second kappa shape index (κ2) is 2.60. The van der Waals surface area contributed by atoms with Crippen molar-refractivity contribution in [2.24, 2.45) is 0 Å². The van der Waals surface area contributed by atoms with Gasteiger partial charge in [0.1, 0.15) is 0 Å². The SMILES string of the molecule is CCC(C)P(=O)(O)F. The van der Waals surface area contributed by atoms with Crippen molar-refractivity contribution < 1.29 is 13.7 Å². The van der Waals surface area contributed by atoms with Crippen LogP contribution in [-0.2, 0) is 4.57 Å². The van der Waals surface area contributed by atoms with Crippen molar-refractivity contribution in [3.05, 3.63) is 0 Å². The molecular weight excluding hydrogens is 130 g/mol. The van der Waals surface area contributed by atoms with E-state index in [2.05, 4.69) is 0 Å². The van der Waals surface area contributed by atoms with Crippen molar-refractivity contribution in [3.8, 4) is 0 Å². The Kier molecular flexibility index (Phi) is 2.64. The van der Waals surface area contributed by atoms with E-state index in [4.69, 9.17) is 4.89 Å². The van der Waals surface area contributed by atoms with Gasteiger partial charge in [-0.1, -0.05) is 13.8 Å². The second-order valence-corrected chi connectivity index (χ2v) is 3.77. The molecule has 50 valence electrons. The lowest BCUT2D eigenvalue weighted by molar-refractivity contribution is 0.414. The van der Waals surface area contributed by atoms with Crippen molar-refractivity contribution in [1.29, 1.82) is 0 Å². The summed E-state index contributed by atoms with van der Waals surface area (Å²) in [5.74, 6) is 0. The lowest BCUT2D eigenvalue weighted by Gasteiger charge is -2.05. The maximum absolute atomic E-state index is 11.9. The Labute approximate surface area is 48.3 Å². The number of hydrogen-bond donors (Lipinski definition) is 1. The summed E-state index contributed by atoms with van der Waals surface area (Å²) >= 11 is 0. The van der Waals surface area contributed by atoms with Gasteiger partial charge in [0.25, 0.3) is 0 Å². The number of hydrogen-bond acceptors (Lipinski definition) is 1.